The minimum atomic E-state index is -0.107. The lowest BCUT2D eigenvalue weighted by Gasteiger charge is -2.31. The zero-order chi connectivity index (χ0) is 18.5. The van der Waals surface area contributed by atoms with E-state index in [0.717, 1.165) is 22.5 Å². The van der Waals surface area contributed by atoms with E-state index >= 15 is 0 Å². The monoisotopic (exact) mass is 351 g/mol. The van der Waals surface area contributed by atoms with Gasteiger partial charge in [0, 0.05) is 30.4 Å². The molecular weight excluding hydrogens is 326 g/mol. The Hall–Kier alpha value is -2.82. The minimum absolute atomic E-state index is 0.0433. The summed E-state index contributed by atoms with van der Waals surface area (Å²) in [4.78, 5) is 26.7. The minimum Gasteiger partial charge on any atom is -0.326 e. The van der Waals surface area contributed by atoms with Crippen LogP contribution in [0, 0.1) is 19.8 Å². The smallest absolute Gasteiger partial charge is 0.321 e. The molecule has 0 atom stereocenters. The molecule has 1 saturated heterocycles. The van der Waals surface area contributed by atoms with Crippen LogP contribution in [-0.2, 0) is 4.79 Å². The van der Waals surface area contributed by atoms with Crippen LogP contribution in [0.1, 0.15) is 24.0 Å². The summed E-state index contributed by atoms with van der Waals surface area (Å²) >= 11 is 0. The Labute approximate surface area is 154 Å². The highest BCUT2D eigenvalue weighted by Crippen LogP contribution is 2.22. The molecule has 5 nitrogen and oxygen atoms in total. The molecule has 1 aliphatic heterocycles. The molecule has 1 aliphatic rings. The van der Waals surface area contributed by atoms with Crippen molar-refractivity contribution in [1.29, 1.82) is 0 Å². The Morgan fingerprint density at radius 2 is 1.65 bits per heavy atom. The second-order valence-electron chi connectivity index (χ2n) is 6.87. The van der Waals surface area contributed by atoms with E-state index in [9.17, 15) is 9.59 Å². The molecule has 2 N–H and O–H groups in total. The first-order chi connectivity index (χ1) is 12.5. The number of urea groups is 1. The van der Waals surface area contributed by atoms with Gasteiger partial charge in [0.25, 0.3) is 0 Å². The van der Waals surface area contributed by atoms with Crippen LogP contribution >= 0.6 is 0 Å². The maximum absolute atomic E-state index is 12.6. The Morgan fingerprint density at radius 3 is 2.35 bits per heavy atom. The van der Waals surface area contributed by atoms with E-state index < -0.39 is 0 Å². The molecule has 0 aliphatic carbocycles. The van der Waals surface area contributed by atoms with E-state index in [0.29, 0.717) is 25.9 Å². The van der Waals surface area contributed by atoms with Crippen LogP contribution in [0.25, 0.3) is 0 Å². The summed E-state index contributed by atoms with van der Waals surface area (Å²) in [5.41, 5.74) is 3.84. The van der Waals surface area contributed by atoms with Gasteiger partial charge in [-0.15, -0.1) is 0 Å². The van der Waals surface area contributed by atoms with Crippen LogP contribution in [0.5, 0.6) is 0 Å². The first kappa shape index (κ1) is 18.0. The quantitative estimate of drug-likeness (QED) is 0.871. The molecule has 5 heteroatoms. The van der Waals surface area contributed by atoms with Gasteiger partial charge in [-0.1, -0.05) is 30.3 Å². The van der Waals surface area contributed by atoms with Crippen LogP contribution < -0.4 is 10.6 Å². The second kappa shape index (κ2) is 8.04. The van der Waals surface area contributed by atoms with Gasteiger partial charge in [0.1, 0.15) is 0 Å². The lowest BCUT2D eigenvalue weighted by molar-refractivity contribution is -0.121. The van der Waals surface area contributed by atoms with Crippen molar-refractivity contribution in [3.05, 3.63) is 59.7 Å². The molecule has 2 aromatic carbocycles. The molecule has 26 heavy (non-hydrogen) atoms. The summed E-state index contributed by atoms with van der Waals surface area (Å²) in [5, 5.41) is 5.94. The van der Waals surface area contributed by atoms with Gasteiger partial charge < -0.3 is 15.5 Å². The highest BCUT2D eigenvalue weighted by molar-refractivity contribution is 5.94. The average Bonchev–Trinajstić information content (AvgIpc) is 2.65. The molecule has 3 rings (SSSR count). The third kappa shape index (κ3) is 4.42. The highest BCUT2D eigenvalue weighted by atomic mass is 16.2. The molecule has 0 saturated carbocycles. The van der Waals surface area contributed by atoms with E-state index in [1.165, 1.54) is 0 Å². The number of likely N-dealkylation sites (tertiary alicyclic amines) is 1. The second-order valence-corrected chi connectivity index (χ2v) is 6.87. The van der Waals surface area contributed by atoms with Gasteiger partial charge >= 0.3 is 6.03 Å². The van der Waals surface area contributed by atoms with Gasteiger partial charge in [0.05, 0.1) is 0 Å². The zero-order valence-electron chi connectivity index (χ0n) is 15.3. The maximum Gasteiger partial charge on any atom is 0.321 e. The molecule has 3 amide bonds. The van der Waals surface area contributed by atoms with Gasteiger partial charge in [-0.2, -0.15) is 0 Å². The van der Waals surface area contributed by atoms with E-state index in [4.69, 9.17) is 0 Å². The molecular formula is C21H25N3O2. The summed E-state index contributed by atoms with van der Waals surface area (Å²) < 4.78 is 0. The number of para-hydroxylation sites is 1. The fourth-order valence-electron chi connectivity index (χ4n) is 3.17. The van der Waals surface area contributed by atoms with Gasteiger partial charge in [-0.05, 0) is 56.0 Å². The number of carbonyl (C=O) groups excluding carboxylic acids is 2. The number of piperidine rings is 1. The highest BCUT2D eigenvalue weighted by Gasteiger charge is 2.27. The fourth-order valence-corrected chi connectivity index (χ4v) is 3.17. The first-order valence-corrected chi connectivity index (χ1v) is 9.02. The standard InChI is InChI=1S/C21H25N3O2/c1-15-8-9-16(2)19(14-15)23-20(25)17-10-12-24(13-11-17)21(26)22-18-6-4-3-5-7-18/h3-9,14,17H,10-13H2,1-2H3,(H,22,26)(H,23,25). The van der Waals surface area contributed by atoms with Gasteiger partial charge in [-0.25, -0.2) is 4.79 Å². The lowest BCUT2D eigenvalue weighted by Crippen LogP contribution is -2.43. The van der Waals surface area contributed by atoms with Crippen molar-refractivity contribution >= 4 is 23.3 Å². The molecule has 1 heterocycles. The molecule has 0 aromatic heterocycles. The number of aryl methyl sites for hydroxylation is 2. The number of rotatable bonds is 3. The van der Waals surface area contributed by atoms with Crippen molar-refractivity contribution in [2.24, 2.45) is 5.92 Å². The molecule has 0 radical (unpaired) electrons. The van der Waals surface area contributed by atoms with Gasteiger partial charge in [0.2, 0.25) is 5.91 Å². The predicted molar refractivity (Wildman–Crippen MR) is 104 cm³/mol. The molecule has 0 spiro atoms. The largest absolute Gasteiger partial charge is 0.326 e. The molecule has 0 unspecified atom stereocenters. The zero-order valence-corrected chi connectivity index (χ0v) is 15.3. The Kier molecular flexibility index (Phi) is 5.56. The van der Waals surface area contributed by atoms with E-state index in [2.05, 4.69) is 10.6 Å². The van der Waals surface area contributed by atoms with Crippen LogP contribution in [0.4, 0.5) is 16.2 Å². The third-order valence-corrected chi connectivity index (χ3v) is 4.83. The summed E-state index contributed by atoms with van der Waals surface area (Å²) in [6, 6.07) is 15.4. The average molecular weight is 351 g/mol. The van der Waals surface area contributed by atoms with E-state index in [-0.39, 0.29) is 17.9 Å². The van der Waals surface area contributed by atoms with Crippen LogP contribution in [-0.4, -0.2) is 29.9 Å². The van der Waals surface area contributed by atoms with Crippen molar-refractivity contribution in [2.45, 2.75) is 26.7 Å². The van der Waals surface area contributed by atoms with Crippen molar-refractivity contribution < 1.29 is 9.59 Å². The maximum atomic E-state index is 12.6. The number of hydrogen-bond donors (Lipinski definition) is 2. The van der Waals surface area contributed by atoms with Gasteiger partial charge in [0.15, 0.2) is 0 Å². The summed E-state index contributed by atoms with van der Waals surface area (Å²) in [6.45, 7) is 5.18. The lowest BCUT2D eigenvalue weighted by atomic mass is 9.95. The number of amides is 3. The number of hydrogen-bond acceptors (Lipinski definition) is 2. The van der Waals surface area contributed by atoms with Gasteiger partial charge in [-0.3, -0.25) is 4.79 Å². The molecule has 2 aromatic rings. The number of nitrogens with one attached hydrogen (secondary N) is 2. The Morgan fingerprint density at radius 1 is 0.962 bits per heavy atom. The normalized spacial score (nSPS) is 14.8. The summed E-state index contributed by atoms with van der Waals surface area (Å²) in [7, 11) is 0. The van der Waals surface area contributed by atoms with E-state index in [1.54, 1.807) is 4.90 Å². The Balaban J connectivity index is 1.52. The Bertz CT molecular complexity index is 781. The SMILES string of the molecule is Cc1ccc(C)c(NC(=O)C2CCN(C(=O)Nc3ccccc3)CC2)c1. The number of carbonyl (C=O) groups is 2. The number of nitrogens with zero attached hydrogens (tertiary/aromatic N) is 1. The summed E-state index contributed by atoms with van der Waals surface area (Å²) in [5.74, 6) is -0.0162. The predicted octanol–water partition coefficient (Wildman–Crippen LogP) is 4.19. The topological polar surface area (TPSA) is 61.4 Å². The van der Waals surface area contributed by atoms with Crippen molar-refractivity contribution in [1.82, 2.24) is 4.90 Å². The fraction of sp³-hybridized carbons (Fsp3) is 0.333. The molecule has 136 valence electrons. The number of benzene rings is 2. The van der Waals surface area contributed by atoms with Crippen molar-refractivity contribution in [2.75, 3.05) is 23.7 Å². The van der Waals surface area contributed by atoms with Crippen molar-refractivity contribution in [3.8, 4) is 0 Å². The first-order valence-electron chi connectivity index (χ1n) is 9.02. The van der Waals surface area contributed by atoms with Crippen LogP contribution in [0.2, 0.25) is 0 Å². The third-order valence-electron chi connectivity index (χ3n) is 4.83. The molecule has 0 bridgehead atoms. The van der Waals surface area contributed by atoms with Crippen molar-refractivity contribution in [3.63, 3.8) is 0 Å². The van der Waals surface area contributed by atoms with E-state index in [1.807, 2.05) is 62.4 Å². The van der Waals surface area contributed by atoms with Crippen LogP contribution in [0.3, 0.4) is 0 Å². The summed E-state index contributed by atoms with van der Waals surface area (Å²) in [6.07, 6.45) is 1.36. The molecule has 1 fully saturated rings. The number of anilines is 2. The van der Waals surface area contributed by atoms with Crippen LogP contribution in [0.15, 0.2) is 48.5 Å².